The van der Waals surface area contributed by atoms with E-state index < -0.39 is 4.92 Å². The molecule has 106 valence electrons. The molecule has 0 fully saturated rings. The number of aryl methyl sites for hydroxylation is 1. The van der Waals surface area contributed by atoms with Gasteiger partial charge in [0.05, 0.1) is 22.5 Å². The second kappa shape index (κ2) is 5.24. The Bertz CT molecular complexity index is 811. The molecular formula is C15H13N3O3. The molecule has 0 aliphatic heterocycles. The van der Waals surface area contributed by atoms with Crippen LogP contribution < -0.4 is 5.32 Å². The van der Waals surface area contributed by atoms with Crippen LogP contribution in [0.2, 0.25) is 0 Å². The third-order valence-corrected chi connectivity index (χ3v) is 3.19. The lowest BCUT2D eigenvalue weighted by Gasteiger charge is -2.08. The average Bonchev–Trinajstić information content (AvgIpc) is 2.90. The first-order chi connectivity index (χ1) is 10.1. The summed E-state index contributed by atoms with van der Waals surface area (Å²) in [5.41, 5.74) is 1.37. The molecule has 0 saturated carbocycles. The number of nitrogens with zero attached hydrogens (tertiary/aromatic N) is 2. The summed E-state index contributed by atoms with van der Waals surface area (Å²) in [5.74, 6) is 1.65. The van der Waals surface area contributed by atoms with E-state index in [1.807, 2.05) is 19.1 Å². The maximum atomic E-state index is 11.1. The molecule has 3 aromatic rings. The SMILES string of the molecule is Cc1ccc(CNc2ccc([N+](=O)[O-])c3cccnc23)o1. The fourth-order valence-electron chi connectivity index (χ4n) is 2.22. The highest BCUT2D eigenvalue weighted by molar-refractivity contribution is 5.96. The number of nitro groups is 1. The maximum absolute atomic E-state index is 11.1. The molecule has 1 N–H and O–H groups in total. The van der Waals surface area contributed by atoms with Gasteiger partial charge in [-0.25, -0.2) is 0 Å². The Morgan fingerprint density at radius 1 is 1.29 bits per heavy atom. The van der Waals surface area contributed by atoms with Crippen molar-refractivity contribution < 1.29 is 9.34 Å². The molecular weight excluding hydrogens is 270 g/mol. The van der Waals surface area contributed by atoms with Crippen LogP contribution in [-0.4, -0.2) is 9.91 Å². The molecule has 6 nitrogen and oxygen atoms in total. The number of furan rings is 1. The molecule has 0 atom stereocenters. The number of hydrogen-bond acceptors (Lipinski definition) is 5. The predicted molar refractivity (Wildman–Crippen MR) is 79.2 cm³/mol. The second-order valence-electron chi connectivity index (χ2n) is 4.65. The van der Waals surface area contributed by atoms with Gasteiger partial charge in [-0.15, -0.1) is 0 Å². The summed E-state index contributed by atoms with van der Waals surface area (Å²) in [5, 5.41) is 14.8. The summed E-state index contributed by atoms with van der Waals surface area (Å²) < 4.78 is 5.49. The Morgan fingerprint density at radius 2 is 2.14 bits per heavy atom. The lowest BCUT2D eigenvalue weighted by molar-refractivity contribution is -0.383. The van der Waals surface area contributed by atoms with Crippen LogP contribution in [0.4, 0.5) is 11.4 Å². The van der Waals surface area contributed by atoms with Gasteiger partial charge >= 0.3 is 0 Å². The molecule has 2 aromatic heterocycles. The first-order valence-electron chi connectivity index (χ1n) is 6.46. The van der Waals surface area contributed by atoms with Gasteiger partial charge in [0, 0.05) is 12.3 Å². The predicted octanol–water partition coefficient (Wildman–Crippen LogP) is 3.66. The van der Waals surface area contributed by atoms with E-state index in [0.717, 1.165) is 17.2 Å². The maximum Gasteiger partial charge on any atom is 0.278 e. The summed E-state index contributed by atoms with van der Waals surface area (Å²) >= 11 is 0. The van der Waals surface area contributed by atoms with Gasteiger partial charge in [-0.1, -0.05) is 0 Å². The van der Waals surface area contributed by atoms with Crippen molar-refractivity contribution in [2.24, 2.45) is 0 Å². The van der Waals surface area contributed by atoms with Crippen LogP contribution in [0.15, 0.2) is 47.0 Å². The third kappa shape index (κ3) is 2.55. The number of aromatic nitrogens is 1. The van der Waals surface area contributed by atoms with Crippen molar-refractivity contribution in [3.05, 3.63) is 64.2 Å². The summed E-state index contributed by atoms with van der Waals surface area (Å²) in [6, 6.07) is 10.3. The zero-order valence-electron chi connectivity index (χ0n) is 11.4. The molecule has 1 aromatic carbocycles. The van der Waals surface area contributed by atoms with Crippen LogP contribution in [0.5, 0.6) is 0 Å². The quantitative estimate of drug-likeness (QED) is 0.583. The van der Waals surface area contributed by atoms with Crippen molar-refractivity contribution in [3.63, 3.8) is 0 Å². The number of pyridine rings is 1. The van der Waals surface area contributed by atoms with Crippen LogP contribution in [-0.2, 0) is 6.54 Å². The van der Waals surface area contributed by atoms with Crippen LogP contribution in [0.3, 0.4) is 0 Å². The van der Waals surface area contributed by atoms with E-state index in [0.29, 0.717) is 17.4 Å². The van der Waals surface area contributed by atoms with Gasteiger partial charge in [0.2, 0.25) is 0 Å². The minimum Gasteiger partial charge on any atom is -0.465 e. The highest BCUT2D eigenvalue weighted by atomic mass is 16.6. The lowest BCUT2D eigenvalue weighted by atomic mass is 10.1. The van der Waals surface area contributed by atoms with Crippen molar-refractivity contribution in [3.8, 4) is 0 Å². The highest BCUT2D eigenvalue weighted by Gasteiger charge is 2.14. The van der Waals surface area contributed by atoms with E-state index >= 15 is 0 Å². The molecule has 0 spiro atoms. The number of benzene rings is 1. The minimum absolute atomic E-state index is 0.0532. The number of non-ortho nitro benzene ring substituents is 1. The number of nitrogens with one attached hydrogen (secondary N) is 1. The Kier molecular flexibility index (Phi) is 3.27. The van der Waals surface area contributed by atoms with Crippen molar-refractivity contribution in [1.29, 1.82) is 0 Å². The number of hydrogen-bond donors (Lipinski definition) is 1. The second-order valence-corrected chi connectivity index (χ2v) is 4.65. The smallest absolute Gasteiger partial charge is 0.278 e. The molecule has 0 amide bonds. The van der Waals surface area contributed by atoms with E-state index in [4.69, 9.17) is 4.42 Å². The van der Waals surface area contributed by atoms with Crippen molar-refractivity contribution in [2.75, 3.05) is 5.32 Å². The zero-order valence-corrected chi connectivity index (χ0v) is 11.4. The lowest BCUT2D eigenvalue weighted by Crippen LogP contribution is -2.00. The summed E-state index contributed by atoms with van der Waals surface area (Å²) in [4.78, 5) is 14.9. The first kappa shape index (κ1) is 13.1. The summed E-state index contributed by atoms with van der Waals surface area (Å²) in [6.07, 6.45) is 1.62. The largest absolute Gasteiger partial charge is 0.465 e. The van der Waals surface area contributed by atoms with Gasteiger partial charge in [0.1, 0.15) is 17.0 Å². The van der Waals surface area contributed by atoms with Gasteiger partial charge in [-0.2, -0.15) is 0 Å². The van der Waals surface area contributed by atoms with E-state index in [1.54, 1.807) is 24.4 Å². The Labute approximate surface area is 120 Å². The van der Waals surface area contributed by atoms with Crippen molar-refractivity contribution in [1.82, 2.24) is 4.98 Å². The van der Waals surface area contributed by atoms with Gasteiger partial charge < -0.3 is 9.73 Å². The summed E-state index contributed by atoms with van der Waals surface area (Å²) in [6.45, 7) is 2.38. The van der Waals surface area contributed by atoms with Gasteiger partial charge in [-0.3, -0.25) is 15.1 Å². The number of rotatable bonds is 4. The van der Waals surface area contributed by atoms with Crippen molar-refractivity contribution in [2.45, 2.75) is 13.5 Å². The molecule has 0 bridgehead atoms. The van der Waals surface area contributed by atoms with E-state index in [-0.39, 0.29) is 5.69 Å². The van der Waals surface area contributed by atoms with E-state index in [2.05, 4.69) is 10.3 Å². The van der Waals surface area contributed by atoms with Crippen LogP contribution >= 0.6 is 0 Å². The topological polar surface area (TPSA) is 81.2 Å². The molecule has 0 saturated heterocycles. The number of anilines is 1. The minimum atomic E-state index is -0.399. The molecule has 0 aliphatic carbocycles. The fraction of sp³-hybridized carbons (Fsp3) is 0.133. The number of nitro benzene ring substituents is 1. The monoisotopic (exact) mass is 283 g/mol. The Balaban J connectivity index is 1.96. The standard InChI is InChI=1S/C15H13N3O3/c1-10-4-5-11(21-10)9-17-13-6-7-14(18(19)20)12-3-2-8-16-15(12)13/h2-8,17H,9H2,1H3. The molecule has 0 aliphatic rings. The zero-order chi connectivity index (χ0) is 14.8. The Morgan fingerprint density at radius 3 is 2.86 bits per heavy atom. The van der Waals surface area contributed by atoms with Gasteiger partial charge in [0.25, 0.3) is 5.69 Å². The van der Waals surface area contributed by atoms with Gasteiger partial charge in [-0.05, 0) is 37.3 Å². The summed E-state index contributed by atoms with van der Waals surface area (Å²) in [7, 11) is 0. The van der Waals surface area contributed by atoms with E-state index in [1.165, 1.54) is 6.07 Å². The molecule has 0 unspecified atom stereocenters. The molecule has 21 heavy (non-hydrogen) atoms. The average molecular weight is 283 g/mol. The molecule has 3 rings (SSSR count). The van der Waals surface area contributed by atoms with Gasteiger partial charge in [0.15, 0.2) is 0 Å². The Hall–Kier alpha value is -2.89. The first-order valence-corrected chi connectivity index (χ1v) is 6.46. The molecule has 6 heteroatoms. The van der Waals surface area contributed by atoms with Crippen LogP contribution in [0.1, 0.15) is 11.5 Å². The number of fused-ring (bicyclic) bond motifs is 1. The fourth-order valence-corrected chi connectivity index (χ4v) is 2.22. The van der Waals surface area contributed by atoms with Crippen LogP contribution in [0, 0.1) is 17.0 Å². The highest BCUT2D eigenvalue weighted by Crippen LogP contribution is 2.30. The normalized spacial score (nSPS) is 10.7. The molecule has 0 radical (unpaired) electrons. The van der Waals surface area contributed by atoms with Crippen LogP contribution in [0.25, 0.3) is 10.9 Å². The van der Waals surface area contributed by atoms with Crippen molar-refractivity contribution >= 4 is 22.3 Å². The molecule has 2 heterocycles. The third-order valence-electron chi connectivity index (χ3n) is 3.19. The van der Waals surface area contributed by atoms with E-state index in [9.17, 15) is 10.1 Å².